The highest BCUT2D eigenvalue weighted by Gasteiger charge is 2.28. The van der Waals surface area contributed by atoms with Crippen molar-refractivity contribution < 1.29 is 19.1 Å². The predicted octanol–water partition coefficient (Wildman–Crippen LogP) is 7.45. The number of ether oxygens (including phenoxy) is 1. The summed E-state index contributed by atoms with van der Waals surface area (Å²) in [5.74, 6) is -0.328. The van der Waals surface area contributed by atoms with Crippen LogP contribution in [0.5, 0.6) is 0 Å². The van der Waals surface area contributed by atoms with Crippen LogP contribution in [0.4, 0.5) is 0 Å². The van der Waals surface area contributed by atoms with Gasteiger partial charge in [0.05, 0.1) is 18.7 Å². The Bertz CT molecular complexity index is 1420. The molecule has 1 saturated heterocycles. The summed E-state index contributed by atoms with van der Waals surface area (Å²) in [6.45, 7) is 7.06. The lowest BCUT2D eigenvalue weighted by molar-refractivity contribution is -0.128. The molecular formula is C34H36ClNO4. The highest BCUT2D eigenvalue weighted by molar-refractivity contribution is 6.30. The number of halogens is 1. The molecule has 0 N–H and O–H groups in total. The van der Waals surface area contributed by atoms with Gasteiger partial charge in [-0.25, -0.2) is 4.79 Å². The van der Waals surface area contributed by atoms with E-state index in [1.165, 1.54) is 7.11 Å². The maximum Gasteiger partial charge on any atom is 0.337 e. The Morgan fingerprint density at radius 1 is 1.02 bits per heavy atom. The molecular weight excluding hydrogens is 522 g/mol. The second kappa shape index (κ2) is 12.6. The molecule has 5 nitrogen and oxygen atoms in total. The quantitative estimate of drug-likeness (QED) is 0.156. The Kier molecular flexibility index (Phi) is 9.26. The summed E-state index contributed by atoms with van der Waals surface area (Å²) in [7, 11) is 1.36. The summed E-state index contributed by atoms with van der Waals surface area (Å²) in [4.78, 5) is 39.2. The van der Waals surface area contributed by atoms with Crippen molar-refractivity contribution in [3.8, 4) is 11.1 Å². The molecule has 0 unspecified atom stereocenters. The molecule has 0 aromatic heterocycles. The standard InChI is InChI=1S/C34H36ClNO4/c1-34(2,3)30-22-27(35)14-17-29(30)25-8-5-9-26(21-25)31(37)18-15-28-16-19-32(38)36(28)20-6-7-23-10-12-24(13-11-23)33(39)40-4/h5,8-15,17-18,21-22,28H,6-7,16,19-20H2,1-4H3/b18-15+/t28-/m0/s1. The molecule has 3 aromatic rings. The molecule has 1 aliphatic heterocycles. The first-order valence-electron chi connectivity index (χ1n) is 13.7. The molecule has 1 atom stereocenters. The molecule has 1 fully saturated rings. The van der Waals surface area contributed by atoms with Gasteiger partial charge in [0.15, 0.2) is 5.78 Å². The van der Waals surface area contributed by atoms with Gasteiger partial charge in [-0.2, -0.15) is 0 Å². The van der Waals surface area contributed by atoms with E-state index in [1.807, 2.05) is 65.6 Å². The number of likely N-dealkylation sites (tertiary alicyclic amines) is 1. The van der Waals surface area contributed by atoms with Gasteiger partial charge in [0.1, 0.15) is 0 Å². The zero-order valence-corrected chi connectivity index (χ0v) is 24.3. The number of esters is 1. The summed E-state index contributed by atoms with van der Waals surface area (Å²) in [6, 6.07) is 20.8. The maximum atomic E-state index is 13.2. The molecule has 0 saturated carbocycles. The van der Waals surface area contributed by atoms with Crippen LogP contribution in [0.3, 0.4) is 0 Å². The summed E-state index contributed by atoms with van der Waals surface area (Å²) >= 11 is 6.29. The molecule has 208 valence electrons. The van der Waals surface area contributed by atoms with Gasteiger partial charge >= 0.3 is 5.97 Å². The van der Waals surface area contributed by atoms with Crippen molar-refractivity contribution in [1.29, 1.82) is 0 Å². The van der Waals surface area contributed by atoms with E-state index < -0.39 is 0 Å². The van der Waals surface area contributed by atoms with E-state index in [0.717, 1.165) is 35.1 Å². The first-order chi connectivity index (χ1) is 19.1. The Hall–Kier alpha value is -3.70. The number of hydrogen-bond donors (Lipinski definition) is 0. The van der Waals surface area contributed by atoms with E-state index in [0.29, 0.717) is 35.5 Å². The van der Waals surface area contributed by atoms with Crippen molar-refractivity contribution in [2.75, 3.05) is 13.7 Å². The third-order valence-electron chi connectivity index (χ3n) is 7.33. The third-order valence-corrected chi connectivity index (χ3v) is 7.57. The van der Waals surface area contributed by atoms with Gasteiger partial charge in [-0.05, 0) is 83.3 Å². The zero-order valence-electron chi connectivity index (χ0n) is 23.6. The van der Waals surface area contributed by atoms with Gasteiger partial charge in [-0.15, -0.1) is 0 Å². The summed E-state index contributed by atoms with van der Waals surface area (Å²) in [5, 5.41) is 0.691. The van der Waals surface area contributed by atoms with Crippen molar-refractivity contribution in [1.82, 2.24) is 4.90 Å². The molecule has 3 aromatic carbocycles. The fraction of sp³-hybridized carbons (Fsp3) is 0.324. The van der Waals surface area contributed by atoms with Crippen molar-refractivity contribution >= 4 is 29.3 Å². The number of benzene rings is 3. The Morgan fingerprint density at radius 2 is 1.77 bits per heavy atom. The Labute approximate surface area is 241 Å². The van der Waals surface area contributed by atoms with E-state index in [9.17, 15) is 14.4 Å². The number of amides is 1. The molecule has 40 heavy (non-hydrogen) atoms. The molecule has 1 aliphatic rings. The number of hydrogen-bond acceptors (Lipinski definition) is 4. The number of rotatable bonds is 9. The molecule has 0 spiro atoms. The third kappa shape index (κ3) is 7.08. The van der Waals surface area contributed by atoms with Gasteiger partial charge in [0.2, 0.25) is 5.91 Å². The maximum absolute atomic E-state index is 13.2. The normalized spacial score (nSPS) is 15.6. The molecule has 4 rings (SSSR count). The number of ketones is 1. The number of methoxy groups -OCH3 is 1. The van der Waals surface area contributed by atoms with Crippen LogP contribution in [-0.2, 0) is 21.4 Å². The summed E-state index contributed by atoms with van der Waals surface area (Å²) in [5.41, 5.74) is 5.27. The first-order valence-corrected chi connectivity index (χ1v) is 14.0. The predicted molar refractivity (Wildman–Crippen MR) is 160 cm³/mol. The lowest BCUT2D eigenvalue weighted by Crippen LogP contribution is -2.33. The van der Waals surface area contributed by atoms with E-state index in [1.54, 1.807) is 18.2 Å². The number of carbonyl (C=O) groups is 3. The molecule has 1 amide bonds. The summed E-state index contributed by atoms with van der Waals surface area (Å²) in [6.07, 6.45) is 6.24. The number of aryl methyl sites for hydroxylation is 1. The second-order valence-corrected chi connectivity index (χ2v) is 11.7. The van der Waals surface area contributed by atoms with E-state index >= 15 is 0 Å². The monoisotopic (exact) mass is 557 g/mol. The van der Waals surface area contributed by atoms with Crippen molar-refractivity contribution in [2.24, 2.45) is 0 Å². The molecule has 1 heterocycles. The highest BCUT2D eigenvalue weighted by atomic mass is 35.5. The lowest BCUT2D eigenvalue weighted by atomic mass is 9.81. The molecule has 0 bridgehead atoms. The fourth-order valence-corrected chi connectivity index (χ4v) is 5.32. The minimum atomic E-state index is -0.357. The Balaban J connectivity index is 1.41. The van der Waals surface area contributed by atoms with Crippen LogP contribution in [0.1, 0.15) is 71.9 Å². The average molecular weight is 558 g/mol. The topological polar surface area (TPSA) is 63.7 Å². The van der Waals surface area contributed by atoms with Crippen LogP contribution in [0.25, 0.3) is 11.1 Å². The van der Waals surface area contributed by atoms with E-state index in [4.69, 9.17) is 16.3 Å². The SMILES string of the molecule is COC(=O)c1ccc(CCCN2C(=O)CC[C@@H]2/C=C/C(=O)c2cccc(-c3ccc(Cl)cc3C(C)(C)C)c2)cc1. The molecule has 6 heteroatoms. The fourth-order valence-electron chi connectivity index (χ4n) is 5.15. The number of nitrogens with zero attached hydrogens (tertiary/aromatic N) is 1. The van der Waals surface area contributed by atoms with Gasteiger partial charge in [-0.3, -0.25) is 9.59 Å². The van der Waals surface area contributed by atoms with E-state index in [2.05, 4.69) is 20.8 Å². The van der Waals surface area contributed by atoms with Gasteiger partial charge < -0.3 is 9.64 Å². The van der Waals surface area contributed by atoms with Crippen molar-refractivity contribution in [2.45, 2.75) is 57.9 Å². The number of allylic oxidation sites excluding steroid dienone is 1. The molecule has 0 aliphatic carbocycles. The Morgan fingerprint density at radius 3 is 2.48 bits per heavy atom. The van der Waals surface area contributed by atoms with Gasteiger partial charge in [0, 0.05) is 23.6 Å². The average Bonchev–Trinajstić information content (AvgIpc) is 3.30. The number of carbonyl (C=O) groups excluding carboxylic acids is 3. The highest BCUT2D eigenvalue weighted by Crippen LogP contribution is 2.35. The smallest absolute Gasteiger partial charge is 0.337 e. The second-order valence-electron chi connectivity index (χ2n) is 11.2. The van der Waals surface area contributed by atoms with Crippen LogP contribution in [0.15, 0.2) is 78.9 Å². The first kappa shape index (κ1) is 29.3. The van der Waals surface area contributed by atoms with Crippen molar-refractivity contribution in [3.05, 3.63) is 106 Å². The zero-order chi connectivity index (χ0) is 28.9. The molecule has 0 radical (unpaired) electrons. The van der Waals surface area contributed by atoms with E-state index in [-0.39, 0.29) is 29.1 Å². The minimum absolute atomic E-state index is 0.0851. The van der Waals surface area contributed by atoms with Gasteiger partial charge in [-0.1, -0.05) is 74.8 Å². The van der Waals surface area contributed by atoms with Gasteiger partial charge in [0.25, 0.3) is 0 Å². The minimum Gasteiger partial charge on any atom is -0.465 e. The summed E-state index contributed by atoms with van der Waals surface area (Å²) < 4.78 is 4.75. The largest absolute Gasteiger partial charge is 0.465 e. The van der Waals surface area contributed by atoms with Crippen LogP contribution < -0.4 is 0 Å². The van der Waals surface area contributed by atoms with Crippen LogP contribution in [0, 0.1) is 0 Å². The van der Waals surface area contributed by atoms with Crippen LogP contribution in [0.2, 0.25) is 5.02 Å². The van der Waals surface area contributed by atoms with Crippen LogP contribution >= 0.6 is 11.6 Å². The lowest BCUT2D eigenvalue weighted by Gasteiger charge is -2.23. The van der Waals surface area contributed by atoms with Crippen molar-refractivity contribution in [3.63, 3.8) is 0 Å². The van der Waals surface area contributed by atoms with Crippen LogP contribution in [-0.4, -0.2) is 42.3 Å².